The van der Waals surface area contributed by atoms with Gasteiger partial charge >= 0.3 is 0 Å². The minimum atomic E-state index is -0.0322. The van der Waals surface area contributed by atoms with E-state index in [1.807, 2.05) is 33.2 Å². The van der Waals surface area contributed by atoms with Crippen LogP contribution in [0.15, 0.2) is 18.2 Å². The normalized spacial score (nSPS) is 10.8. The van der Waals surface area contributed by atoms with E-state index < -0.39 is 0 Å². The first-order chi connectivity index (χ1) is 8.99. The highest BCUT2D eigenvalue weighted by Crippen LogP contribution is 2.19. The first kappa shape index (κ1) is 16.0. The number of halogens is 1. The van der Waals surface area contributed by atoms with Crippen molar-refractivity contribution < 1.29 is 4.79 Å². The van der Waals surface area contributed by atoms with E-state index in [0.29, 0.717) is 11.6 Å². The molecule has 1 aromatic carbocycles. The van der Waals surface area contributed by atoms with Crippen molar-refractivity contribution in [3.8, 4) is 0 Å². The summed E-state index contributed by atoms with van der Waals surface area (Å²) in [5, 5.41) is 6.67. The SMILES string of the molecule is Cc1cc(Cl)ccc1NC(=O)CNCCCN(C)C. The topological polar surface area (TPSA) is 44.4 Å². The molecule has 19 heavy (non-hydrogen) atoms. The molecule has 2 N–H and O–H groups in total. The summed E-state index contributed by atoms with van der Waals surface area (Å²) in [5.41, 5.74) is 1.78. The molecule has 5 heteroatoms. The summed E-state index contributed by atoms with van der Waals surface area (Å²) in [6.07, 6.45) is 1.03. The number of carbonyl (C=O) groups is 1. The Bertz CT molecular complexity index is 421. The number of benzene rings is 1. The Morgan fingerprint density at radius 3 is 2.74 bits per heavy atom. The number of nitrogens with zero attached hydrogens (tertiary/aromatic N) is 1. The maximum atomic E-state index is 11.7. The lowest BCUT2D eigenvalue weighted by Crippen LogP contribution is -2.30. The molecule has 106 valence electrons. The molecule has 1 amide bonds. The van der Waals surface area contributed by atoms with Gasteiger partial charge in [-0.3, -0.25) is 4.79 Å². The van der Waals surface area contributed by atoms with Crippen LogP contribution in [0.25, 0.3) is 0 Å². The number of hydrogen-bond acceptors (Lipinski definition) is 3. The van der Waals surface area contributed by atoms with E-state index >= 15 is 0 Å². The highest BCUT2D eigenvalue weighted by molar-refractivity contribution is 6.30. The summed E-state index contributed by atoms with van der Waals surface area (Å²) in [6.45, 7) is 4.11. The molecule has 0 aromatic heterocycles. The van der Waals surface area contributed by atoms with E-state index in [1.165, 1.54) is 0 Å². The fraction of sp³-hybridized carbons (Fsp3) is 0.500. The van der Waals surface area contributed by atoms with Gasteiger partial charge in [-0.25, -0.2) is 0 Å². The molecular formula is C14H22ClN3O. The zero-order valence-corrected chi connectivity index (χ0v) is 12.5. The summed E-state index contributed by atoms with van der Waals surface area (Å²) in [7, 11) is 4.08. The molecule has 0 saturated heterocycles. The fourth-order valence-corrected chi connectivity index (χ4v) is 1.91. The molecule has 1 aromatic rings. The van der Waals surface area contributed by atoms with E-state index in [-0.39, 0.29) is 5.91 Å². The van der Waals surface area contributed by atoms with Gasteiger partial charge in [0.25, 0.3) is 0 Å². The molecule has 0 bridgehead atoms. The van der Waals surface area contributed by atoms with Gasteiger partial charge in [-0.05, 0) is 64.3 Å². The number of nitrogens with one attached hydrogen (secondary N) is 2. The fourth-order valence-electron chi connectivity index (χ4n) is 1.68. The van der Waals surface area contributed by atoms with Crippen LogP contribution in [0.1, 0.15) is 12.0 Å². The standard InChI is InChI=1S/C14H22ClN3O/c1-11-9-12(15)5-6-13(11)17-14(19)10-16-7-4-8-18(2)3/h5-6,9,16H,4,7-8,10H2,1-3H3,(H,17,19). The zero-order chi connectivity index (χ0) is 14.3. The maximum Gasteiger partial charge on any atom is 0.238 e. The first-order valence-corrected chi connectivity index (χ1v) is 6.78. The van der Waals surface area contributed by atoms with E-state index in [1.54, 1.807) is 6.07 Å². The Labute approximate surface area is 120 Å². The lowest BCUT2D eigenvalue weighted by atomic mass is 10.2. The molecule has 0 heterocycles. The van der Waals surface area contributed by atoms with E-state index in [9.17, 15) is 4.79 Å². The third kappa shape index (κ3) is 6.57. The molecular weight excluding hydrogens is 262 g/mol. The second-order valence-corrected chi connectivity index (χ2v) is 5.28. The molecule has 0 aliphatic rings. The van der Waals surface area contributed by atoms with Crippen molar-refractivity contribution in [2.24, 2.45) is 0 Å². The van der Waals surface area contributed by atoms with Crippen LogP contribution in [0.4, 0.5) is 5.69 Å². The summed E-state index contributed by atoms with van der Waals surface area (Å²) in [6, 6.07) is 5.43. The van der Waals surface area contributed by atoms with Crippen LogP contribution in [-0.2, 0) is 4.79 Å². The van der Waals surface area contributed by atoms with Crippen molar-refractivity contribution in [3.63, 3.8) is 0 Å². The zero-order valence-electron chi connectivity index (χ0n) is 11.8. The Balaban J connectivity index is 2.27. The van der Waals surface area contributed by atoms with E-state index in [4.69, 9.17) is 11.6 Å². The second kappa shape index (κ2) is 8.15. The van der Waals surface area contributed by atoms with Gasteiger partial charge in [-0.1, -0.05) is 11.6 Å². The average Bonchev–Trinajstić information content (AvgIpc) is 2.32. The monoisotopic (exact) mass is 283 g/mol. The highest BCUT2D eigenvalue weighted by atomic mass is 35.5. The molecule has 0 aliphatic heterocycles. The molecule has 0 aliphatic carbocycles. The summed E-state index contributed by atoms with van der Waals surface area (Å²) < 4.78 is 0. The third-order valence-corrected chi connectivity index (χ3v) is 2.94. The Hall–Kier alpha value is -1.10. The van der Waals surface area contributed by atoms with Crippen molar-refractivity contribution in [1.82, 2.24) is 10.2 Å². The van der Waals surface area contributed by atoms with Crippen LogP contribution >= 0.6 is 11.6 Å². The number of amides is 1. The first-order valence-electron chi connectivity index (χ1n) is 6.40. The van der Waals surface area contributed by atoms with E-state index in [2.05, 4.69) is 15.5 Å². The Kier molecular flexibility index (Phi) is 6.84. The number of hydrogen-bond donors (Lipinski definition) is 2. The predicted molar refractivity (Wildman–Crippen MR) is 80.9 cm³/mol. The smallest absolute Gasteiger partial charge is 0.238 e. The van der Waals surface area contributed by atoms with Crippen LogP contribution < -0.4 is 10.6 Å². The van der Waals surface area contributed by atoms with Gasteiger partial charge in [0.1, 0.15) is 0 Å². The number of anilines is 1. The van der Waals surface area contributed by atoms with Crippen LogP contribution in [0.2, 0.25) is 5.02 Å². The molecule has 0 unspecified atom stereocenters. The van der Waals surface area contributed by atoms with Crippen LogP contribution in [0.3, 0.4) is 0 Å². The molecule has 0 radical (unpaired) electrons. The van der Waals surface area contributed by atoms with Gasteiger partial charge in [0.05, 0.1) is 6.54 Å². The summed E-state index contributed by atoms with van der Waals surface area (Å²) in [4.78, 5) is 13.9. The maximum absolute atomic E-state index is 11.7. The summed E-state index contributed by atoms with van der Waals surface area (Å²) >= 11 is 5.87. The Morgan fingerprint density at radius 1 is 1.37 bits per heavy atom. The third-order valence-electron chi connectivity index (χ3n) is 2.71. The van der Waals surface area contributed by atoms with Crippen LogP contribution in [-0.4, -0.2) is 44.5 Å². The quantitative estimate of drug-likeness (QED) is 0.754. The van der Waals surface area contributed by atoms with Crippen molar-refractivity contribution in [1.29, 1.82) is 0 Å². The lowest BCUT2D eigenvalue weighted by molar-refractivity contribution is -0.115. The van der Waals surface area contributed by atoms with Gasteiger partial charge in [0.15, 0.2) is 0 Å². The number of carbonyl (C=O) groups excluding carboxylic acids is 1. The lowest BCUT2D eigenvalue weighted by Gasteiger charge is -2.11. The molecule has 4 nitrogen and oxygen atoms in total. The highest BCUT2D eigenvalue weighted by Gasteiger charge is 2.04. The second-order valence-electron chi connectivity index (χ2n) is 4.84. The molecule has 0 saturated carbocycles. The van der Waals surface area contributed by atoms with Crippen molar-refractivity contribution in [2.75, 3.05) is 39.0 Å². The van der Waals surface area contributed by atoms with Gasteiger partial charge in [0.2, 0.25) is 5.91 Å². The van der Waals surface area contributed by atoms with Crippen molar-refractivity contribution >= 4 is 23.2 Å². The molecule has 0 fully saturated rings. The van der Waals surface area contributed by atoms with Crippen LogP contribution in [0.5, 0.6) is 0 Å². The van der Waals surface area contributed by atoms with Gasteiger partial charge < -0.3 is 15.5 Å². The predicted octanol–water partition coefficient (Wildman–Crippen LogP) is 2.13. The van der Waals surface area contributed by atoms with Gasteiger partial charge in [-0.2, -0.15) is 0 Å². The van der Waals surface area contributed by atoms with E-state index in [0.717, 1.165) is 30.8 Å². The number of aryl methyl sites for hydroxylation is 1. The summed E-state index contributed by atoms with van der Waals surface area (Å²) in [5.74, 6) is -0.0322. The minimum absolute atomic E-state index is 0.0322. The number of rotatable bonds is 7. The molecule has 0 atom stereocenters. The minimum Gasteiger partial charge on any atom is -0.325 e. The van der Waals surface area contributed by atoms with Crippen molar-refractivity contribution in [3.05, 3.63) is 28.8 Å². The largest absolute Gasteiger partial charge is 0.325 e. The van der Waals surface area contributed by atoms with Crippen molar-refractivity contribution in [2.45, 2.75) is 13.3 Å². The average molecular weight is 284 g/mol. The van der Waals surface area contributed by atoms with Gasteiger partial charge in [-0.15, -0.1) is 0 Å². The van der Waals surface area contributed by atoms with Gasteiger partial charge in [0, 0.05) is 10.7 Å². The molecule has 1 rings (SSSR count). The van der Waals surface area contributed by atoms with Crippen LogP contribution in [0, 0.1) is 6.92 Å². The molecule has 0 spiro atoms. The Morgan fingerprint density at radius 2 is 2.11 bits per heavy atom.